The summed E-state index contributed by atoms with van der Waals surface area (Å²) < 4.78 is 7.27. The minimum Gasteiger partial charge on any atom is -0.478 e. The van der Waals surface area contributed by atoms with Crippen molar-refractivity contribution in [2.24, 2.45) is 0 Å². The first-order valence-corrected chi connectivity index (χ1v) is 8.24. The van der Waals surface area contributed by atoms with Gasteiger partial charge in [-0.05, 0) is 50.5 Å². The van der Waals surface area contributed by atoms with E-state index >= 15 is 0 Å². The average Bonchev–Trinajstić information content (AvgIpc) is 2.97. The smallest absolute Gasteiger partial charge is 0.335 e. The molecule has 1 aliphatic rings. The van der Waals surface area contributed by atoms with E-state index in [1.54, 1.807) is 25.3 Å². The van der Waals surface area contributed by atoms with Crippen LogP contribution in [0.2, 0.25) is 0 Å². The molecule has 3 rings (SSSR count). The summed E-state index contributed by atoms with van der Waals surface area (Å²) in [5.74, 6) is -1.23. The maximum absolute atomic E-state index is 12.6. The number of nitrogens with one attached hydrogen (secondary N) is 1. The van der Waals surface area contributed by atoms with Gasteiger partial charge in [-0.1, -0.05) is 0 Å². The Balaban J connectivity index is 1.76. The molecular formula is C18H21N3O4. The molecule has 25 heavy (non-hydrogen) atoms. The van der Waals surface area contributed by atoms with Gasteiger partial charge < -0.3 is 15.2 Å². The van der Waals surface area contributed by atoms with Crippen LogP contribution < -0.4 is 5.32 Å². The van der Waals surface area contributed by atoms with E-state index in [1.807, 2.05) is 11.6 Å². The van der Waals surface area contributed by atoms with Gasteiger partial charge in [-0.15, -0.1) is 0 Å². The van der Waals surface area contributed by atoms with Crippen molar-refractivity contribution >= 4 is 17.6 Å². The van der Waals surface area contributed by atoms with Crippen molar-refractivity contribution in [2.75, 3.05) is 18.5 Å². The molecule has 1 aliphatic heterocycles. The summed E-state index contributed by atoms with van der Waals surface area (Å²) >= 11 is 0. The molecule has 132 valence electrons. The maximum atomic E-state index is 12.6. The molecule has 0 saturated carbocycles. The highest BCUT2D eigenvalue weighted by molar-refractivity contribution is 6.05. The summed E-state index contributed by atoms with van der Waals surface area (Å²) in [4.78, 5) is 23.6. The molecule has 0 spiro atoms. The minimum absolute atomic E-state index is 0.224. The van der Waals surface area contributed by atoms with Gasteiger partial charge in [0.15, 0.2) is 0 Å². The minimum atomic E-state index is -0.982. The number of carboxylic acids is 1. The van der Waals surface area contributed by atoms with Crippen molar-refractivity contribution in [1.29, 1.82) is 0 Å². The van der Waals surface area contributed by atoms with Crippen molar-refractivity contribution in [3.05, 3.63) is 46.8 Å². The van der Waals surface area contributed by atoms with Crippen LogP contribution in [0, 0.1) is 13.8 Å². The van der Waals surface area contributed by atoms with Crippen molar-refractivity contribution in [2.45, 2.75) is 32.7 Å². The largest absolute Gasteiger partial charge is 0.478 e. The number of hydrogen-bond acceptors (Lipinski definition) is 4. The highest BCUT2D eigenvalue weighted by atomic mass is 16.5. The third-order valence-corrected chi connectivity index (χ3v) is 4.54. The molecule has 2 aromatic rings. The molecule has 1 aromatic carbocycles. The molecule has 0 atom stereocenters. The number of aromatic carboxylic acids is 1. The van der Waals surface area contributed by atoms with E-state index in [-0.39, 0.29) is 17.5 Å². The van der Waals surface area contributed by atoms with Crippen LogP contribution in [0.4, 0.5) is 5.69 Å². The fraction of sp³-hybridized carbons (Fsp3) is 0.389. The first kappa shape index (κ1) is 17.2. The molecule has 1 saturated heterocycles. The number of carbonyl (C=O) groups excluding carboxylic acids is 1. The number of ether oxygens (including phenoxy) is 1. The fourth-order valence-corrected chi connectivity index (χ4v) is 3.12. The average molecular weight is 343 g/mol. The second kappa shape index (κ2) is 7.06. The molecule has 7 heteroatoms. The zero-order valence-electron chi connectivity index (χ0n) is 14.3. The molecule has 1 amide bonds. The summed E-state index contributed by atoms with van der Waals surface area (Å²) in [5, 5.41) is 16.3. The number of anilines is 1. The summed E-state index contributed by atoms with van der Waals surface area (Å²) in [6, 6.07) is 4.99. The van der Waals surface area contributed by atoms with Crippen LogP contribution in [-0.4, -0.2) is 40.0 Å². The molecule has 2 heterocycles. The van der Waals surface area contributed by atoms with Gasteiger partial charge >= 0.3 is 5.97 Å². The second-order valence-electron chi connectivity index (χ2n) is 6.22. The van der Waals surface area contributed by atoms with E-state index in [4.69, 9.17) is 9.84 Å². The van der Waals surface area contributed by atoms with Crippen molar-refractivity contribution in [1.82, 2.24) is 9.78 Å². The number of aromatic nitrogens is 2. The van der Waals surface area contributed by atoms with E-state index in [2.05, 4.69) is 10.4 Å². The number of hydrogen-bond donors (Lipinski definition) is 2. The Kier molecular flexibility index (Phi) is 4.85. The lowest BCUT2D eigenvalue weighted by Crippen LogP contribution is -2.22. The van der Waals surface area contributed by atoms with Gasteiger partial charge in [0.1, 0.15) is 0 Å². The summed E-state index contributed by atoms with van der Waals surface area (Å²) in [6.07, 6.45) is 3.36. The van der Waals surface area contributed by atoms with Gasteiger partial charge in [-0.2, -0.15) is 5.10 Å². The van der Waals surface area contributed by atoms with E-state index in [0.717, 1.165) is 18.5 Å². The number of aryl methyl sites for hydroxylation is 1. The number of nitrogens with zero attached hydrogens (tertiary/aromatic N) is 2. The normalized spacial score (nSPS) is 15.1. The summed E-state index contributed by atoms with van der Waals surface area (Å²) in [6.45, 7) is 5.01. The van der Waals surface area contributed by atoms with Crippen LogP contribution in [0.1, 0.15) is 50.9 Å². The molecule has 0 aliphatic carbocycles. The Morgan fingerprint density at radius 3 is 2.60 bits per heavy atom. The van der Waals surface area contributed by atoms with Gasteiger partial charge in [-0.25, -0.2) is 4.79 Å². The standard InChI is InChI=1S/C18H21N3O4/c1-11-9-13(3-4-15(11)18(23)24)20-17(22)16-10-19-21(12(16)2)14-5-7-25-8-6-14/h3-4,9-10,14H,5-8H2,1-2H3,(H,20,22)(H,23,24). The third-order valence-electron chi connectivity index (χ3n) is 4.54. The zero-order chi connectivity index (χ0) is 18.0. The van der Waals surface area contributed by atoms with Crippen molar-refractivity contribution < 1.29 is 19.4 Å². The van der Waals surface area contributed by atoms with E-state index in [9.17, 15) is 9.59 Å². The summed E-state index contributed by atoms with van der Waals surface area (Å²) in [5.41, 5.74) is 2.72. The van der Waals surface area contributed by atoms with E-state index in [1.165, 1.54) is 6.07 Å². The number of amides is 1. The molecular weight excluding hydrogens is 322 g/mol. The van der Waals surface area contributed by atoms with Crippen LogP contribution in [-0.2, 0) is 4.74 Å². The maximum Gasteiger partial charge on any atom is 0.335 e. The highest BCUT2D eigenvalue weighted by Crippen LogP contribution is 2.24. The van der Waals surface area contributed by atoms with E-state index in [0.29, 0.717) is 30.0 Å². The first-order valence-electron chi connectivity index (χ1n) is 8.24. The molecule has 0 radical (unpaired) electrons. The molecule has 2 N–H and O–H groups in total. The number of benzene rings is 1. The molecule has 1 fully saturated rings. The quantitative estimate of drug-likeness (QED) is 0.890. The Morgan fingerprint density at radius 2 is 1.96 bits per heavy atom. The predicted molar refractivity (Wildman–Crippen MR) is 92.1 cm³/mol. The molecule has 0 unspecified atom stereocenters. The van der Waals surface area contributed by atoms with Gasteiger partial charge in [0, 0.05) is 24.6 Å². The monoisotopic (exact) mass is 343 g/mol. The third kappa shape index (κ3) is 3.56. The lowest BCUT2D eigenvalue weighted by Gasteiger charge is -2.23. The predicted octanol–water partition coefficient (Wildman–Crippen LogP) is 2.80. The van der Waals surface area contributed by atoms with Crippen molar-refractivity contribution in [3.63, 3.8) is 0 Å². The number of carboxylic acid groups (broad SMARTS) is 1. The van der Waals surface area contributed by atoms with Crippen LogP contribution in [0.5, 0.6) is 0 Å². The van der Waals surface area contributed by atoms with Crippen LogP contribution in [0.25, 0.3) is 0 Å². The van der Waals surface area contributed by atoms with Gasteiger partial charge in [0.25, 0.3) is 5.91 Å². The molecule has 1 aromatic heterocycles. The Hall–Kier alpha value is -2.67. The van der Waals surface area contributed by atoms with Crippen LogP contribution in [0.3, 0.4) is 0 Å². The topological polar surface area (TPSA) is 93.5 Å². The van der Waals surface area contributed by atoms with E-state index < -0.39 is 5.97 Å². The van der Waals surface area contributed by atoms with Gasteiger partial charge in [0.05, 0.1) is 23.4 Å². The highest BCUT2D eigenvalue weighted by Gasteiger charge is 2.22. The lowest BCUT2D eigenvalue weighted by molar-refractivity contribution is 0.0656. The van der Waals surface area contributed by atoms with Crippen LogP contribution in [0.15, 0.2) is 24.4 Å². The van der Waals surface area contributed by atoms with Crippen molar-refractivity contribution in [3.8, 4) is 0 Å². The van der Waals surface area contributed by atoms with Gasteiger partial charge in [-0.3, -0.25) is 9.48 Å². The second-order valence-corrected chi connectivity index (χ2v) is 6.22. The first-order chi connectivity index (χ1) is 12.0. The lowest BCUT2D eigenvalue weighted by atomic mass is 10.1. The fourth-order valence-electron chi connectivity index (χ4n) is 3.12. The molecule has 0 bridgehead atoms. The number of rotatable bonds is 4. The SMILES string of the molecule is Cc1cc(NC(=O)c2cnn(C3CCOCC3)c2C)ccc1C(=O)O. The van der Waals surface area contributed by atoms with Gasteiger partial charge in [0.2, 0.25) is 0 Å². The Labute approximate surface area is 145 Å². The number of carbonyl (C=O) groups is 2. The Morgan fingerprint density at radius 1 is 1.24 bits per heavy atom. The van der Waals surface area contributed by atoms with Crippen LogP contribution >= 0.6 is 0 Å². The molecule has 7 nitrogen and oxygen atoms in total. The zero-order valence-corrected chi connectivity index (χ0v) is 14.3. The summed E-state index contributed by atoms with van der Waals surface area (Å²) in [7, 11) is 0. The Bertz CT molecular complexity index is 807.